The Morgan fingerprint density at radius 1 is 1.50 bits per heavy atom. The number of hydrazone groups is 1. The molecule has 6 nitrogen and oxygen atoms in total. The average molecular weight is 244 g/mol. The van der Waals surface area contributed by atoms with Gasteiger partial charge in [-0.15, -0.1) is 0 Å². The number of carbonyl (C=O) groups is 1. The highest BCUT2D eigenvalue weighted by molar-refractivity contribution is 5.93. The Labute approximate surface area is 104 Å². The highest BCUT2D eigenvalue weighted by atomic mass is 16.3. The first-order valence-corrected chi connectivity index (χ1v) is 5.27. The van der Waals surface area contributed by atoms with Crippen LogP contribution in [0.15, 0.2) is 41.6 Å². The van der Waals surface area contributed by atoms with Gasteiger partial charge in [-0.25, -0.2) is 5.43 Å². The molecule has 18 heavy (non-hydrogen) atoms. The van der Waals surface area contributed by atoms with Gasteiger partial charge < -0.3 is 5.11 Å². The summed E-state index contributed by atoms with van der Waals surface area (Å²) in [6.07, 6.45) is 3.12. The van der Waals surface area contributed by atoms with Crippen LogP contribution in [0.4, 0.5) is 0 Å². The molecule has 0 aliphatic heterocycles. The van der Waals surface area contributed by atoms with E-state index >= 15 is 0 Å². The van der Waals surface area contributed by atoms with Gasteiger partial charge in [0.1, 0.15) is 5.75 Å². The van der Waals surface area contributed by atoms with Gasteiger partial charge in [-0.2, -0.15) is 10.2 Å². The van der Waals surface area contributed by atoms with Crippen molar-refractivity contribution in [2.75, 3.05) is 0 Å². The van der Waals surface area contributed by atoms with Gasteiger partial charge in [0, 0.05) is 13.2 Å². The molecule has 2 aromatic rings. The van der Waals surface area contributed by atoms with Gasteiger partial charge in [-0.3, -0.25) is 9.48 Å². The van der Waals surface area contributed by atoms with E-state index in [4.69, 9.17) is 0 Å². The van der Waals surface area contributed by atoms with E-state index in [-0.39, 0.29) is 11.7 Å². The number of nitrogens with one attached hydrogen (secondary N) is 1. The number of aromatic nitrogens is 2. The van der Waals surface area contributed by atoms with E-state index in [9.17, 15) is 9.90 Å². The maximum absolute atomic E-state index is 11.6. The van der Waals surface area contributed by atoms with Gasteiger partial charge in [0.05, 0.1) is 6.21 Å². The molecule has 2 N–H and O–H groups in total. The van der Waals surface area contributed by atoms with Gasteiger partial charge in [-0.05, 0) is 23.8 Å². The molecule has 0 aliphatic rings. The number of aryl methyl sites for hydroxylation is 1. The van der Waals surface area contributed by atoms with Crippen LogP contribution in [-0.2, 0) is 7.05 Å². The predicted octanol–water partition coefficient (Wildman–Crippen LogP) is 0.890. The summed E-state index contributed by atoms with van der Waals surface area (Å²) in [4.78, 5) is 11.6. The van der Waals surface area contributed by atoms with Crippen molar-refractivity contribution in [3.63, 3.8) is 0 Å². The summed E-state index contributed by atoms with van der Waals surface area (Å²) < 4.78 is 1.54. The molecule has 6 heteroatoms. The number of benzene rings is 1. The number of carbonyl (C=O) groups excluding carboxylic acids is 1. The first-order valence-electron chi connectivity index (χ1n) is 5.27. The zero-order valence-corrected chi connectivity index (χ0v) is 9.74. The van der Waals surface area contributed by atoms with Crippen LogP contribution in [0.1, 0.15) is 16.1 Å². The largest absolute Gasteiger partial charge is 0.508 e. The Morgan fingerprint density at radius 2 is 2.33 bits per heavy atom. The summed E-state index contributed by atoms with van der Waals surface area (Å²) >= 11 is 0. The summed E-state index contributed by atoms with van der Waals surface area (Å²) in [6.45, 7) is 0. The van der Waals surface area contributed by atoms with Crippen molar-refractivity contribution in [3.05, 3.63) is 47.8 Å². The normalized spacial score (nSPS) is 10.7. The van der Waals surface area contributed by atoms with E-state index in [1.165, 1.54) is 17.0 Å². The second-order valence-corrected chi connectivity index (χ2v) is 3.67. The monoisotopic (exact) mass is 244 g/mol. The minimum Gasteiger partial charge on any atom is -0.508 e. The zero-order chi connectivity index (χ0) is 13.0. The lowest BCUT2D eigenvalue weighted by atomic mass is 10.2. The number of phenols is 1. The topological polar surface area (TPSA) is 79.5 Å². The number of rotatable bonds is 3. The highest BCUT2D eigenvalue weighted by Gasteiger charge is 2.06. The summed E-state index contributed by atoms with van der Waals surface area (Å²) in [7, 11) is 1.73. The quantitative estimate of drug-likeness (QED) is 0.621. The number of hydrogen-bond acceptors (Lipinski definition) is 4. The molecular formula is C12H12N4O2. The molecule has 0 saturated heterocycles. The maximum atomic E-state index is 11.6. The molecule has 1 aromatic carbocycles. The lowest BCUT2D eigenvalue weighted by Crippen LogP contribution is -2.18. The Hall–Kier alpha value is -2.63. The summed E-state index contributed by atoms with van der Waals surface area (Å²) in [5.41, 5.74) is 3.34. The van der Waals surface area contributed by atoms with Gasteiger partial charge in [0.25, 0.3) is 5.91 Å². The third-order valence-electron chi connectivity index (χ3n) is 2.20. The predicted molar refractivity (Wildman–Crippen MR) is 66.4 cm³/mol. The molecule has 0 aliphatic carbocycles. The van der Waals surface area contributed by atoms with E-state index < -0.39 is 0 Å². The molecule has 0 bridgehead atoms. The minimum absolute atomic E-state index is 0.148. The van der Waals surface area contributed by atoms with E-state index in [0.29, 0.717) is 11.3 Å². The molecular weight excluding hydrogens is 232 g/mol. The first-order chi connectivity index (χ1) is 8.65. The summed E-state index contributed by atoms with van der Waals surface area (Å²) in [6, 6.07) is 8.15. The average Bonchev–Trinajstić information content (AvgIpc) is 2.76. The molecule has 0 radical (unpaired) electrons. The molecule has 0 fully saturated rings. The fourth-order valence-corrected chi connectivity index (χ4v) is 1.36. The Morgan fingerprint density at radius 3 is 3.00 bits per heavy atom. The highest BCUT2D eigenvalue weighted by Crippen LogP contribution is 2.08. The van der Waals surface area contributed by atoms with Gasteiger partial charge >= 0.3 is 0 Å². The first kappa shape index (κ1) is 11.8. The number of amides is 1. The molecule has 1 amide bonds. The fourth-order valence-electron chi connectivity index (χ4n) is 1.36. The molecule has 2 rings (SSSR count). The van der Waals surface area contributed by atoms with Crippen LogP contribution in [-0.4, -0.2) is 27.0 Å². The van der Waals surface area contributed by atoms with Gasteiger partial charge in [0.2, 0.25) is 0 Å². The van der Waals surface area contributed by atoms with Crippen LogP contribution in [0.25, 0.3) is 0 Å². The van der Waals surface area contributed by atoms with Crippen LogP contribution in [0.3, 0.4) is 0 Å². The lowest BCUT2D eigenvalue weighted by molar-refractivity contribution is 0.0949. The van der Waals surface area contributed by atoms with Gasteiger partial charge in [-0.1, -0.05) is 12.1 Å². The molecule has 0 unspecified atom stereocenters. The second kappa shape index (κ2) is 5.13. The van der Waals surface area contributed by atoms with E-state index in [1.807, 2.05) is 0 Å². The fraction of sp³-hybridized carbons (Fsp3) is 0.0833. The van der Waals surface area contributed by atoms with Crippen LogP contribution in [0.5, 0.6) is 5.75 Å². The summed E-state index contributed by atoms with van der Waals surface area (Å²) in [5, 5.41) is 17.0. The number of aromatic hydroxyl groups is 1. The minimum atomic E-state index is -0.382. The Bertz CT molecular complexity index is 589. The molecule has 0 saturated carbocycles. The molecule has 0 spiro atoms. The van der Waals surface area contributed by atoms with Crippen molar-refractivity contribution in [1.29, 1.82) is 0 Å². The lowest BCUT2D eigenvalue weighted by Gasteiger charge is -1.96. The third-order valence-corrected chi connectivity index (χ3v) is 2.20. The molecule has 92 valence electrons. The molecule has 1 aromatic heterocycles. The molecule has 1 heterocycles. The van der Waals surface area contributed by atoms with E-state index in [2.05, 4.69) is 15.6 Å². The van der Waals surface area contributed by atoms with Crippen LogP contribution < -0.4 is 5.43 Å². The van der Waals surface area contributed by atoms with Crippen molar-refractivity contribution in [2.24, 2.45) is 12.1 Å². The molecule has 0 atom stereocenters. The zero-order valence-electron chi connectivity index (χ0n) is 9.74. The van der Waals surface area contributed by atoms with E-state index in [1.54, 1.807) is 37.5 Å². The van der Waals surface area contributed by atoms with Crippen molar-refractivity contribution >= 4 is 12.1 Å². The van der Waals surface area contributed by atoms with Crippen molar-refractivity contribution in [3.8, 4) is 5.75 Å². The van der Waals surface area contributed by atoms with E-state index in [0.717, 1.165) is 0 Å². The third kappa shape index (κ3) is 2.94. The van der Waals surface area contributed by atoms with Crippen molar-refractivity contribution in [2.45, 2.75) is 0 Å². The second-order valence-electron chi connectivity index (χ2n) is 3.67. The Kier molecular flexibility index (Phi) is 3.38. The van der Waals surface area contributed by atoms with Crippen LogP contribution in [0.2, 0.25) is 0 Å². The SMILES string of the molecule is Cn1ccc(C(=O)N/N=C\c2cccc(O)c2)n1. The van der Waals surface area contributed by atoms with Crippen molar-refractivity contribution in [1.82, 2.24) is 15.2 Å². The van der Waals surface area contributed by atoms with Gasteiger partial charge in [0.15, 0.2) is 5.69 Å². The number of phenolic OH excluding ortho intramolecular Hbond substituents is 1. The Balaban J connectivity index is 1.97. The maximum Gasteiger partial charge on any atom is 0.291 e. The number of hydrogen-bond donors (Lipinski definition) is 2. The smallest absolute Gasteiger partial charge is 0.291 e. The standard InChI is InChI=1S/C12H12N4O2/c1-16-6-5-11(15-16)12(18)14-13-8-9-3-2-4-10(17)7-9/h2-8,17H,1H3,(H,14,18)/b13-8-. The van der Waals surface area contributed by atoms with Crippen LogP contribution in [0, 0.1) is 0 Å². The summed E-state index contributed by atoms with van der Waals surface area (Å²) in [5.74, 6) is -0.234. The number of nitrogens with zero attached hydrogens (tertiary/aromatic N) is 3. The van der Waals surface area contributed by atoms with Crippen molar-refractivity contribution < 1.29 is 9.90 Å². The van der Waals surface area contributed by atoms with Crippen LogP contribution >= 0.6 is 0 Å².